The van der Waals surface area contributed by atoms with Gasteiger partial charge in [-0.05, 0) is 57.2 Å². The summed E-state index contributed by atoms with van der Waals surface area (Å²) in [4.78, 5) is 30.6. The third-order valence-electron chi connectivity index (χ3n) is 9.22. The van der Waals surface area contributed by atoms with E-state index in [1.807, 2.05) is 55.7 Å². The molecule has 6 N–H and O–H groups in total. The second kappa shape index (κ2) is 32.0. The van der Waals surface area contributed by atoms with Gasteiger partial charge in [-0.15, -0.1) is 0 Å². The van der Waals surface area contributed by atoms with Gasteiger partial charge in [0.25, 0.3) is 11.4 Å². The molecule has 0 bridgehead atoms. The molecule has 0 aliphatic carbocycles. The molecule has 3 fully saturated rings. The molecule has 0 atom stereocenters. The Morgan fingerprint density at radius 2 is 0.983 bits per heavy atom. The molecule has 0 spiro atoms. The first-order chi connectivity index (χ1) is 27.2. The van der Waals surface area contributed by atoms with Crippen molar-refractivity contribution in [2.24, 2.45) is 0 Å². The minimum absolute atomic E-state index is 0. The summed E-state index contributed by atoms with van der Waals surface area (Å²) in [6.45, 7) is 17.9. The topological polar surface area (TPSA) is 201 Å². The van der Waals surface area contributed by atoms with E-state index in [1.165, 1.54) is 17.8 Å². The number of hydrogen-bond acceptors (Lipinski definition) is 14. The average molecular weight is 934 g/mol. The van der Waals surface area contributed by atoms with Gasteiger partial charge in [-0.25, -0.2) is 0 Å². The van der Waals surface area contributed by atoms with Crippen molar-refractivity contribution in [1.82, 2.24) is 19.7 Å². The van der Waals surface area contributed by atoms with Crippen molar-refractivity contribution >= 4 is 49.6 Å². The van der Waals surface area contributed by atoms with Crippen molar-refractivity contribution < 1.29 is 65.1 Å². The summed E-state index contributed by atoms with van der Waals surface area (Å²) in [5, 5.41) is 52.1. The van der Waals surface area contributed by atoms with Crippen LogP contribution in [0.5, 0.6) is 0 Å². The van der Waals surface area contributed by atoms with Gasteiger partial charge in [-0.2, -0.15) is 0 Å². The van der Waals surface area contributed by atoms with Crippen LogP contribution in [-0.2, 0) is 20.4 Å². The average Bonchev–Trinajstić information content (AvgIpc) is 3.23. The quantitative estimate of drug-likeness (QED) is 0.0712. The number of nitro groups is 2. The number of non-ortho nitro benzene ring substituents is 2. The number of nitrogens with two attached hydrogens (primary N) is 1. The van der Waals surface area contributed by atoms with Crippen LogP contribution in [0.3, 0.4) is 0 Å². The van der Waals surface area contributed by atoms with E-state index in [1.54, 1.807) is 31.1 Å². The molecule has 3 aliphatic rings. The van der Waals surface area contributed by atoms with E-state index in [0.29, 0.717) is 0 Å². The Kier molecular flexibility index (Phi) is 31.0. The molecular formula is C35H60B3F4N9O7Pd. The molecule has 0 unspecified atom stereocenters. The van der Waals surface area contributed by atoms with Crippen LogP contribution < -0.4 is 20.9 Å². The normalized spacial score (nSPS) is 15.0. The number of nitro benzene ring substituents is 2. The summed E-state index contributed by atoms with van der Waals surface area (Å²) in [6, 6.07) is 21.1. The second-order valence-electron chi connectivity index (χ2n) is 13.2. The molecule has 334 valence electrons. The van der Waals surface area contributed by atoms with Gasteiger partial charge in [0.15, 0.2) is 0 Å². The van der Waals surface area contributed by atoms with E-state index in [0.717, 1.165) is 95.5 Å². The number of aryl methyl sites for hydroxylation is 1. The molecule has 16 nitrogen and oxygen atoms in total. The van der Waals surface area contributed by atoms with Gasteiger partial charge in [0.05, 0.1) is 9.85 Å². The van der Waals surface area contributed by atoms with Crippen molar-refractivity contribution in [3.8, 4) is 0 Å². The van der Waals surface area contributed by atoms with Gasteiger partial charge in [-0.3, -0.25) is 20.2 Å². The molecule has 0 saturated carbocycles. The van der Waals surface area contributed by atoms with Crippen LogP contribution in [0.4, 0.5) is 46.7 Å². The van der Waals surface area contributed by atoms with Crippen molar-refractivity contribution in [2.75, 3.05) is 94.1 Å². The molecule has 3 saturated heterocycles. The van der Waals surface area contributed by atoms with Crippen LogP contribution in [0.2, 0.25) is 20.5 Å². The standard InChI is InChI=1S/C11H16BN3O3.C11H18BN3O.C7H7NO2.C5H13BN2O.CH4.2F2.Pd.H2/c1-12(16)14-7-5-13(6-8-14)10-3-2-4-11(9-10)15(17)18;1-12(16)15-7-5-14(6-8-15)11-4-2-3-10(13)9-11;1-6-3-2-4-7(5-6)8(9)10;1-6(9)8-4-2-7-3-5-8;;2*1-2;;/h2-4,9,16H,5-8H2,1H3;2-4,9,16H,5-8,13H2,1H3;2-5H,1H3;7,9H,2-5H2,1H3;1H4;;;;1H. The first kappa shape index (κ1) is 57.3. The van der Waals surface area contributed by atoms with Crippen LogP contribution in [0.1, 0.15) is 14.4 Å². The summed E-state index contributed by atoms with van der Waals surface area (Å²) < 4.78 is 32.0. The fourth-order valence-corrected chi connectivity index (χ4v) is 6.03. The SMILES string of the molecule is C.CB(O)N1CCN(c2cccc(N)c2)CC1.CB(O)N1CCN(c2cccc([N+](=O)[O-])c2)CC1.CB(O)N1CCNCC1.Cc1cccc([N+](=O)[O-])c1.FF.FF.[HH].[Pd]. The van der Waals surface area contributed by atoms with Gasteiger partial charge < -0.3 is 50.4 Å². The molecule has 24 heteroatoms. The van der Waals surface area contributed by atoms with Crippen LogP contribution in [-0.4, -0.2) is 139 Å². The molecule has 6 rings (SSSR count). The van der Waals surface area contributed by atoms with Crippen LogP contribution in [0.25, 0.3) is 0 Å². The predicted octanol–water partition coefficient (Wildman–Crippen LogP) is 4.79. The number of benzene rings is 3. The first-order valence-electron chi connectivity index (χ1n) is 18.3. The molecule has 59 heavy (non-hydrogen) atoms. The third-order valence-corrected chi connectivity index (χ3v) is 9.22. The molecule has 3 aromatic carbocycles. The van der Waals surface area contributed by atoms with Crippen LogP contribution in [0.15, 0.2) is 72.8 Å². The predicted molar refractivity (Wildman–Crippen MR) is 229 cm³/mol. The van der Waals surface area contributed by atoms with E-state index in [2.05, 4.69) is 30.8 Å². The number of nitrogens with one attached hydrogen (secondary N) is 1. The summed E-state index contributed by atoms with van der Waals surface area (Å²) in [5.74, 6) is 0. The Balaban J connectivity index is -0.000000712. The Labute approximate surface area is 360 Å². The number of nitrogen functional groups attached to an aromatic ring is 1. The molecule has 0 aromatic heterocycles. The van der Waals surface area contributed by atoms with E-state index < -0.39 is 12.0 Å². The maximum absolute atomic E-state index is 10.7. The number of nitrogens with zero attached hydrogens (tertiary/aromatic N) is 7. The van der Waals surface area contributed by atoms with Gasteiger partial charge in [0.2, 0.25) is 0 Å². The zero-order valence-electron chi connectivity index (χ0n) is 33.2. The van der Waals surface area contributed by atoms with Crippen molar-refractivity contribution in [1.29, 1.82) is 0 Å². The van der Waals surface area contributed by atoms with Gasteiger partial charge in [-0.1, -0.05) is 31.7 Å². The van der Waals surface area contributed by atoms with Crippen LogP contribution in [0, 0.1) is 27.2 Å². The van der Waals surface area contributed by atoms with Gasteiger partial charge in [0.1, 0.15) is 0 Å². The largest absolute Gasteiger partial charge is 0.437 e. The smallest absolute Gasteiger partial charge is 0.376 e. The molecule has 3 aromatic rings. The fourth-order valence-electron chi connectivity index (χ4n) is 6.03. The Morgan fingerprint density at radius 3 is 1.32 bits per heavy atom. The number of piperazine rings is 3. The summed E-state index contributed by atoms with van der Waals surface area (Å²) in [6.07, 6.45) is 0. The Morgan fingerprint density at radius 1 is 0.627 bits per heavy atom. The monoisotopic (exact) mass is 933 g/mol. The third kappa shape index (κ3) is 21.8. The Hall–Kier alpha value is -3.84. The van der Waals surface area contributed by atoms with Gasteiger partial charge >= 0.3 is 21.2 Å². The number of rotatable bonds is 7. The van der Waals surface area contributed by atoms with Crippen molar-refractivity contribution in [3.05, 3.63) is 98.6 Å². The second-order valence-corrected chi connectivity index (χ2v) is 13.2. The number of anilines is 3. The van der Waals surface area contributed by atoms with E-state index in [9.17, 15) is 30.3 Å². The fraction of sp³-hybridized carbons (Fsp3) is 0.486. The summed E-state index contributed by atoms with van der Waals surface area (Å²) in [7, 11) is -1.05. The molecular weight excluding hydrogens is 873 g/mol. The molecule has 3 heterocycles. The van der Waals surface area contributed by atoms with E-state index >= 15 is 0 Å². The van der Waals surface area contributed by atoms with E-state index in [4.69, 9.17) is 29.1 Å². The minimum Gasteiger partial charge on any atom is -0.437 e. The first-order valence-corrected chi connectivity index (χ1v) is 18.3. The van der Waals surface area contributed by atoms with Crippen molar-refractivity contribution in [2.45, 2.75) is 34.8 Å². The van der Waals surface area contributed by atoms with Gasteiger partial charge in [0, 0.05) is 160 Å². The van der Waals surface area contributed by atoms with E-state index in [-0.39, 0.29) is 59.7 Å². The number of halogens is 4. The molecule has 0 amide bonds. The number of hydrogen-bond donors (Lipinski definition) is 5. The molecule has 0 radical (unpaired) electrons. The summed E-state index contributed by atoms with van der Waals surface area (Å²) in [5.41, 5.74) is 9.79. The maximum Gasteiger partial charge on any atom is 0.376 e. The maximum atomic E-state index is 10.7. The molecule has 3 aliphatic heterocycles. The zero-order chi connectivity index (χ0) is 42.9. The Bertz CT molecular complexity index is 1590. The van der Waals surface area contributed by atoms with Crippen LogP contribution >= 0.6 is 0 Å². The zero-order valence-corrected chi connectivity index (χ0v) is 34.7. The summed E-state index contributed by atoms with van der Waals surface area (Å²) >= 11 is 0. The minimum atomic E-state index is -0.433. The van der Waals surface area contributed by atoms with Crippen molar-refractivity contribution in [3.63, 3.8) is 0 Å².